The van der Waals surface area contributed by atoms with E-state index in [1.165, 1.54) is 22.6 Å². The van der Waals surface area contributed by atoms with Gasteiger partial charge in [-0.15, -0.1) is 11.3 Å². The van der Waals surface area contributed by atoms with Crippen molar-refractivity contribution in [3.63, 3.8) is 0 Å². The van der Waals surface area contributed by atoms with Crippen LogP contribution in [-0.2, 0) is 12.8 Å². The van der Waals surface area contributed by atoms with Gasteiger partial charge in [0, 0.05) is 21.7 Å². The Bertz CT molecular complexity index is 397. The Labute approximate surface area is 121 Å². The Kier molecular flexibility index (Phi) is 5.04. The van der Waals surface area contributed by atoms with Crippen molar-refractivity contribution in [2.45, 2.75) is 64.5 Å². The normalized spacial score (nSPS) is 21.5. The number of rotatable bonds is 6. The van der Waals surface area contributed by atoms with Gasteiger partial charge in [0.15, 0.2) is 0 Å². The van der Waals surface area contributed by atoms with Crippen LogP contribution < -0.4 is 0 Å². The number of nitrogens with zero attached hydrogens (tertiary/aromatic N) is 1. The lowest BCUT2D eigenvalue weighted by molar-refractivity contribution is -0.0113. The van der Waals surface area contributed by atoms with Crippen molar-refractivity contribution in [1.29, 1.82) is 0 Å². The SMILES string of the molecule is CCc1ccc(CC(O)C(C)(CC)N2CCCC2)s1. The summed E-state index contributed by atoms with van der Waals surface area (Å²) < 4.78 is 0. The van der Waals surface area contributed by atoms with E-state index >= 15 is 0 Å². The molecule has 3 heteroatoms. The van der Waals surface area contributed by atoms with Gasteiger partial charge < -0.3 is 5.11 Å². The minimum absolute atomic E-state index is 0.0626. The molecule has 0 amide bonds. The molecule has 1 aromatic rings. The van der Waals surface area contributed by atoms with Gasteiger partial charge in [-0.05, 0) is 57.8 Å². The van der Waals surface area contributed by atoms with E-state index < -0.39 is 0 Å². The highest BCUT2D eigenvalue weighted by molar-refractivity contribution is 7.11. The van der Waals surface area contributed by atoms with Crippen LogP contribution in [0.4, 0.5) is 0 Å². The second kappa shape index (κ2) is 6.38. The monoisotopic (exact) mass is 281 g/mol. The third-order valence-electron chi connectivity index (χ3n) is 4.72. The first-order chi connectivity index (χ1) is 9.10. The van der Waals surface area contributed by atoms with Crippen molar-refractivity contribution in [2.75, 3.05) is 13.1 Å². The number of hydrogen-bond acceptors (Lipinski definition) is 3. The third-order valence-corrected chi connectivity index (χ3v) is 5.97. The highest BCUT2D eigenvalue weighted by Crippen LogP contribution is 2.31. The lowest BCUT2D eigenvalue weighted by Gasteiger charge is -2.42. The maximum atomic E-state index is 10.7. The van der Waals surface area contributed by atoms with Crippen molar-refractivity contribution in [3.05, 3.63) is 21.9 Å². The summed E-state index contributed by atoms with van der Waals surface area (Å²) in [7, 11) is 0. The molecule has 2 unspecified atom stereocenters. The van der Waals surface area contributed by atoms with E-state index in [1.54, 1.807) is 0 Å². The predicted molar refractivity (Wildman–Crippen MR) is 82.9 cm³/mol. The Morgan fingerprint density at radius 2 is 1.89 bits per heavy atom. The van der Waals surface area contributed by atoms with E-state index in [9.17, 15) is 5.11 Å². The summed E-state index contributed by atoms with van der Waals surface area (Å²) in [4.78, 5) is 5.23. The number of likely N-dealkylation sites (tertiary alicyclic amines) is 1. The number of aliphatic hydroxyl groups is 1. The Morgan fingerprint density at radius 3 is 2.42 bits per heavy atom. The van der Waals surface area contributed by atoms with Crippen molar-refractivity contribution >= 4 is 11.3 Å². The van der Waals surface area contributed by atoms with Crippen LogP contribution in [0.25, 0.3) is 0 Å². The second-order valence-corrected chi connectivity index (χ2v) is 7.10. The van der Waals surface area contributed by atoms with E-state index in [2.05, 4.69) is 37.8 Å². The average molecular weight is 281 g/mol. The highest BCUT2D eigenvalue weighted by atomic mass is 32.1. The summed E-state index contributed by atoms with van der Waals surface area (Å²) >= 11 is 1.85. The predicted octanol–water partition coefficient (Wildman–Crippen LogP) is 3.48. The molecule has 0 spiro atoms. The Morgan fingerprint density at radius 1 is 1.26 bits per heavy atom. The fraction of sp³-hybridized carbons (Fsp3) is 0.750. The quantitative estimate of drug-likeness (QED) is 0.863. The van der Waals surface area contributed by atoms with Gasteiger partial charge in [0.2, 0.25) is 0 Å². The van der Waals surface area contributed by atoms with E-state index in [0.29, 0.717) is 0 Å². The van der Waals surface area contributed by atoms with Crippen molar-refractivity contribution in [3.8, 4) is 0 Å². The zero-order valence-electron chi connectivity index (χ0n) is 12.5. The summed E-state index contributed by atoms with van der Waals surface area (Å²) in [6.07, 6.45) is 5.20. The molecule has 1 aromatic heterocycles. The molecule has 0 aromatic carbocycles. The van der Waals surface area contributed by atoms with Gasteiger partial charge in [-0.25, -0.2) is 0 Å². The molecule has 1 aliphatic heterocycles. The van der Waals surface area contributed by atoms with E-state index in [-0.39, 0.29) is 11.6 Å². The topological polar surface area (TPSA) is 23.5 Å². The zero-order valence-corrected chi connectivity index (χ0v) is 13.3. The van der Waals surface area contributed by atoms with Crippen LogP contribution in [0.2, 0.25) is 0 Å². The van der Waals surface area contributed by atoms with Gasteiger partial charge >= 0.3 is 0 Å². The van der Waals surface area contributed by atoms with Gasteiger partial charge in [-0.1, -0.05) is 13.8 Å². The minimum atomic E-state index is -0.265. The summed E-state index contributed by atoms with van der Waals surface area (Å²) in [5.74, 6) is 0. The second-order valence-electron chi connectivity index (χ2n) is 5.85. The van der Waals surface area contributed by atoms with Crippen LogP contribution in [0.1, 0.15) is 49.8 Å². The van der Waals surface area contributed by atoms with E-state index in [1.807, 2.05) is 11.3 Å². The maximum absolute atomic E-state index is 10.7. The smallest absolute Gasteiger partial charge is 0.0769 e. The molecule has 2 heterocycles. The number of thiophene rings is 1. The minimum Gasteiger partial charge on any atom is -0.391 e. The molecule has 108 valence electrons. The zero-order chi connectivity index (χ0) is 13.9. The summed E-state index contributed by atoms with van der Waals surface area (Å²) in [5, 5.41) is 10.7. The standard InChI is InChI=1S/C16H27NOS/c1-4-13-8-9-14(19-13)12-15(18)16(3,5-2)17-10-6-7-11-17/h8-9,15,18H,4-7,10-12H2,1-3H3. The highest BCUT2D eigenvalue weighted by Gasteiger charge is 2.38. The molecule has 1 aliphatic rings. The Balaban J connectivity index is 2.05. The first kappa shape index (κ1) is 15.0. The first-order valence-corrected chi connectivity index (χ1v) is 8.42. The number of hydrogen-bond donors (Lipinski definition) is 1. The molecule has 2 atom stereocenters. The largest absolute Gasteiger partial charge is 0.391 e. The molecule has 1 N–H and O–H groups in total. The summed E-state index contributed by atoms with van der Waals surface area (Å²) in [5.41, 5.74) is -0.0626. The molecule has 0 radical (unpaired) electrons. The Hall–Kier alpha value is -0.380. The number of aryl methyl sites for hydroxylation is 1. The van der Waals surface area contributed by atoms with Crippen LogP contribution >= 0.6 is 11.3 Å². The molecule has 0 saturated carbocycles. The van der Waals surface area contributed by atoms with Gasteiger partial charge in [-0.3, -0.25) is 4.90 Å². The molecular formula is C16H27NOS. The van der Waals surface area contributed by atoms with Gasteiger partial charge in [0.1, 0.15) is 0 Å². The fourth-order valence-corrected chi connectivity index (χ4v) is 4.02. The van der Waals surface area contributed by atoms with Crippen LogP contribution in [0, 0.1) is 0 Å². The molecule has 2 nitrogen and oxygen atoms in total. The number of aliphatic hydroxyl groups excluding tert-OH is 1. The van der Waals surface area contributed by atoms with Gasteiger partial charge in [-0.2, -0.15) is 0 Å². The van der Waals surface area contributed by atoms with Crippen LogP contribution in [0.3, 0.4) is 0 Å². The fourth-order valence-electron chi connectivity index (χ4n) is 3.03. The molecule has 0 bridgehead atoms. The van der Waals surface area contributed by atoms with Crippen LogP contribution in [0.5, 0.6) is 0 Å². The third kappa shape index (κ3) is 3.21. The lowest BCUT2D eigenvalue weighted by Crippen LogP contribution is -2.53. The van der Waals surface area contributed by atoms with Gasteiger partial charge in [0.25, 0.3) is 0 Å². The maximum Gasteiger partial charge on any atom is 0.0769 e. The van der Waals surface area contributed by atoms with Crippen molar-refractivity contribution in [1.82, 2.24) is 4.90 Å². The van der Waals surface area contributed by atoms with E-state index in [4.69, 9.17) is 0 Å². The van der Waals surface area contributed by atoms with E-state index in [0.717, 1.165) is 32.4 Å². The van der Waals surface area contributed by atoms with Crippen molar-refractivity contribution < 1.29 is 5.11 Å². The summed E-state index contributed by atoms with van der Waals surface area (Å²) in [6, 6.07) is 4.39. The van der Waals surface area contributed by atoms with Crippen LogP contribution in [-0.4, -0.2) is 34.7 Å². The molecule has 2 rings (SSSR count). The molecule has 1 saturated heterocycles. The average Bonchev–Trinajstić information content (AvgIpc) is 3.08. The lowest BCUT2D eigenvalue weighted by atomic mass is 9.87. The molecule has 0 aliphatic carbocycles. The molecule has 19 heavy (non-hydrogen) atoms. The van der Waals surface area contributed by atoms with Crippen LogP contribution in [0.15, 0.2) is 12.1 Å². The molecular weight excluding hydrogens is 254 g/mol. The van der Waals surface area contributed by atoms with Crippen molar-refractivity contribution in [2.24, 2.45) is 0 Å². The summed E-state index contributed by atoms with van der Waals surface area (Å²) in [6.45, 7) is 8.91. The van der Waals surface area contributed by atoms with Gasteiger partial charge in [0.05, 0.1) is 6.10 Å². The molecule has 1 fully saturated rings. The first-order valence-electron chi connectivity index (χ1n) is 7.60.